The lowest BCUT2D eigenvalue weighted by atomic mass is 10.0. The molecule has 0 fully saturated rings. The van der Waals surface area contributed by atoms with Crippen molar-refractivity contribution in [2.45, 2.75) is 39.4 Å². The van der Waals surface area contributed by atoms with E-state index in [1.54, 1.807) is 6.20 Å². The molecule has 6 nitrogen and oxygen atoms in total. The predicted molar refractivity (Wildman–Crippen MR) is 154 cm³/mol. The number of rotatable bonds is 5. The van der Waals surface area contributed by atoms with Crippen LogP contribution < -0.4 is 10.6 Å². The predicted octanol–water partition coefficient (Wildman–Crippen LogP) is 6.25. The Hall–Kier alpha value is -3.97. The lowest BCUT2D eigenvalue weighted by Crippen LogP contribution is -2.34. The molecule has 0 bridgehead atoms. The molecule has 7 heteroatoms. The number of aromatic nitrogens is 2. The van der Waals surface area contributed by atoms with E-state index in [-0.39, 0.29) is 18.0 Å². The SMILES string of the molecule is CC1=CC2NC(C3=CC=C(F)C=CC3)=C(c3ccnc(NC(C)c4ccccc4C)n3)N2C=C1.CN(C)C. The second kappa shape index (κ2) is 12.0. The molecule has 198 valence electrons. The van der Waals surface area contributed by atoms with E-state index < -0.39 is 0 Å². The maximum Gasteiger partial charge on any atom is 0.223 e. The Morgan fingerprint density at radius 2 is 1.87 bits per heavy atom. The molecule has 0 spiro atoms. The molecule has 0 saturated heterocycles. The van der Waals surface area contributed by atoms with E-state index in [0.717, 1.165) is 22.7 Å². The highest BCUT2D eigenvalue weighted by atomic mass is 19.1. The van der Waals surface area contributed by atoms with Crippen LogP contribution in [0.2, 0.25) is 0 Å². The van der Waals surface area contributed by atoms with Crippen molar-refractivity contribution in [1.29, 1.82) is 0 Å². The molecule has 1 aromatic heterocycles. The number of allylic oxidation sites excluding steroid dienone is 8. The number of halogens is 1. The Balaban J connectivity index is 0.000000786. The van der Waals surface area contributed by atoms with Gasteiger partial charge in [-0.2, -0.15) is 0 Å². The molecule has 3 heterocycles. The highest BCUT2D eigenvalue weighted by Crippen LogP contribution is 2.37. The zero-order chi connectivity index (χ0) is 27.2. The van der Waals surface area contributed by atoms with Crippen molar-refractivity contribution in [2.75, 3.05) is 26.5 Å². The van der Waals surface area contributed by atoms with Gasteiger partial charge in [-0.15, -0.1) is 0 Å². The second-order valence-corrected chi connectivity index (χ2v) is 10.1. The monoisotopic (exact) mass is 512 g/mol. The molecule has 2 unspecified atom stereocenters. The first-order valence-electron chi connectivity index (χ1n) is 12.9. The van der Waals surface area contributed by atoms with Gasteiger partial charge in [0.25, 0.3) is 0 Å². The van der Waals surface area contributed by atoms with Crippen LogP contribution in [0.1, 0.15) is 43.1 Å². The van der Waals surface area contributed by atoms with Crippen molar-refractivity contribution in [2.24, 2.45) is 0 Å². The van der Waals surface area contributed by atoms with Crippen molar-refractivity contribution in [3.05, 3.63) is 119 Å². The average molecular weight is 513 g/mol. The zero-order valence-corrected chi connectivity index (χ0v) is 23.0. The molecule has 38 heavy (non-hydrogen) atoms. The quantitative estimate of drug-likeness (QED) is 0.494. The van der Waals surface area contributed by atoms with E-state index in [0.29, 0.717) is 12.4 Å². The second-order valence-electron chi connectivity index (χ2n) is 10.1. The topological polar surface area (TPSA) is 56.3 Å². The highest BCUT2D eigenvalue weighted by molar-refractivity contribution is 5.73. The molecule has 1 aromatic carbocycles. The maximum atomic E-state index is 13.8. The third kappa shape index (κ3) is 6.47. The van der Waals surface area contributed by atoms with Gasteiger partial charge in [0.2, 0.25) is 5.95 Å². The number of benzene rings is 1. The zero-order valence-electron chi connectivity index (χ0n) is 23.0. The van der Waals surface area contributed by atoms with E-state index in [1.165, 1.54) is 28.9 Å². The summed E-state index contributed by atoms with van der Waals surface area (Å²) >= 11 is 0. The van der Waals surface area contributed by atoms with Gasteiger partial charge in [0.1, 0.15) is 12.0 Å². The van der Waals surface area contributed by atoms with Crippen LogP contribution >= 0.6 is 0 Å². The molecule has 3 aliphatic rings. The summed E-state index contributed by atoms with van der Waals surface area (Å²) in [5.74, 6) is 0.319. The van der Waals surface area contributed by atoms with Crippen molar-refractivity contribution < 1.29 is 4.39 Å². The largest absolute Gasteiger partial charge is 0.360 e. The minimum Gasteiger partial charge on any atom is -0.360 e. The van der Waals surface area contributed by atoms with Crippen LogP contribution in [-0.4, -0.2) is 47.1 Å². The van der Waals surface area contributed by atoms with Crippen molar-refractivity contribution >= 4 is 11.6 Å². The van der Waals surface area contributed by atoms with Gasteiger partial charge in [-0.3, -0.25) is 0 Å². The van der Waals surface area contributed by atoms with E-state index in [9.17, 15) is 4.39 Å². The molecular formula is C31H37FN6. The first kappa shape index (κ1) is 27.1. The fraction of sp³-hybridized carbons (Fsp3) is 0.290. The lowest BCUT2D eigenvalue weighted by molar-refractivity contribution is 0.435. The van der Waals surface area contributed by atoms with Gasteiger partial charge >= 0.3 is 0 Å². The number of hydrogen-bond donors (Lipinski definition) is 2. The van der Waals surface area contributed by atoms with Gasteiger partial charge in [0.15, 0.2) is 0 Å². The summed E-state index contributed by atoms with van der Waals surface area (Å²) in [5, 5.41) is 7.07. The van der Waals surface area contributed by atoms with Crippen LogP contribution in [0.5, 0.6) is 0 Å². The van der Waals surface area contributed by atoms with Crippen LogP contribution in [-0.2, 0) is 0 Å². The Labute approximate surface area is 225 Å². The summed E-state index contributed by atoms with van der Waals surface area (Å²) in [6, 6.07) is 10.3. The van der Waals surface area contributed by atoms with Crippen molar-refractivity contribution in [3.63, 3.8) is 0 Å². The van der Waals surface area contributed by atoms with Gasteiger partial charge in [-0.1, -0.05) is 36.4 Å². The molecule has 0 radical (unpaired) electrons. The molecule has 1 aliphatic carbocycles. The molecule has 2 atom stereocenters. The molecule has 2 N–H and O–H groups in total. The smallest absolute Gasteiger partial charge is 0.223 e. The minimum atomic E-state index is -0.248. The van der Waals surface area contributed by atoms with Crippen LogP contribution in [0.15, 0.2) is 102 Å². The molecule has 5 rings (SSSR count). The van der Waals surface area contributed by atoms with E-state index in [1.807, 2.05) is 56.4 Å². The Kier molecular flexibility index (Phi) is 8.59. The number of fused-ring (bicyclic) bond motifs is 1. The fourth-order valence-corrected chi connectivity index (χ4v) is 4.54. The fourth-order valence-electron chi connectivity index (χ4n) is 4.54. The van der Waals surface area contributed by atoms with E-state index in [2.05, 4.69) is 71.8 Å². The van der Waals surface area contributed by atoms with Crippen LogP contribution in [0.4, 0.5) is 10.3 Å². The Morgan fingerprint density at radius 1 is 1.11 bits per heavy atom. The number of aryl methyl sites for hydroxylation is 1. The third-order valence-corrected chi connectivity index (χ3v) is 6.28. The number of nitrogens with one attached hydrogen (secondary N) is 2. The van der Waals surface area contributed by atoms with E-state index >= 15 is 0 Å². The molecule has 2 aromatic rings. The third-order valence-electron chi connectivity index (χ3n) is 6.28. The van der Waals surface area contributed by atoms with Crippen LogP contribution in [0, 0.1) is 6.92 Å². The summed E-state index contributed by atoms with van der Waals surface area (Å²) < 4.78 is 13.8. The summed E-state index contributed by atoms with van der Waals surface area (Å²) in [7, 11) is 6.00. The highest BCUT2D eigenvalue weighted by Gasteiger charge is 2.33. The van der Waals surface area contributed by atoms with Gasteiger partial charge in [0.05, 0.1) is 23.1 Å². The summed E-state index contributed by atoms with van der Waals surface area (Å²) in [4.78, 5) is 13.6. The lowest BCUT2D eigenvalue weighted by Gasteiger charge is -2.26. The molecule has 0 amide bonds. The van der Waals surface area contributed by atoms with E-state index in [4.69, 9.17) is 4.98 Å². The minimum absolute atomic E-state index is 0.0192. The maximum absolute atomic E-state index is 13.8. The molecular weight excluding hydrogens is 475 g/mol. The van der Waals surface area contributed by atoms with Crippen LogP contribution in [0.3, 0.4) is 0 Å². The Bertz CT molecular complexity index is 1340. The Morgan fingerprint density at radius 3 is 2.63 bits per heavy atom. The average Bonchev–Trinajstić information content (AvgIpc) is 3.10. The van der Waals surface area contributed by atoms with Gasteiger partial charge in [-0.25, -0.2) is 14.4 Å². The molecule has 0 saturated carbocycles. The number of anilines is 1. The van der Waals surface area contributed by atoms with Crippen molar-refractivity contribution in [1.82, 2.24) is 25.1 Å². The number of hydrogen-bond acceptors (Lipinski definition) is 6. The summed E-state index contributed by atoms with van der Waals surface area (Å²) in [5.41, 5.74) is 7.34. The van der Waals surface area contributed by atoms with Crippen molar-refractivity contribution in [3.8, 4) is 0 Å². The first-order valence-corrected chi connectivity index (χ1v) is 12.9. The van der Waals surface area contributed by atoms with Gasteiger partial charge in [0, 0.05) is 12.4 Å². The summed E-state index contributed by atoms with van der Waals surface area (Å²) in [6.07, 6.45) is 15.4. The normalized spacial score (nSPS) is 19.0. The number of nitrogens with zero attached hydrogens (tertiary/aromatic N) is 4. The van der Waals surface area contributed by atoms with Gasteiger partial charge in [-0.05, 0) is 101 Å². The summed E-state index contributed by atoms with van der Waals surface area (Å²) in [6.45, 7) is 6.30. The molecule has 2 aliphatic heterocycles. The van der Waals surface area contributed by atoms with Crippen LogP contribution in [0.25, 0.3) is 5.70 Å². The standard InChI is InChI=1S/C28H28FN5.C3H9N/c1-18-14-16-34-25(17-18)33-26(21-8-6-9-22(29)12-11-21)27(34)24-13-15-30-28(32-24)31-20(3)23-10-5-4-7-19(23)2;1-4(2)3/h4-7,9-17,20,25,33H,8H2,1-3H3,(H,30,31,32);1-3H3. The first-order chi connectivity index (χ1) is 18.2. The van der Waals surface area contributed by atoms with Gasteiger partial charge < -0.3 is 20.4 Å².